The molecule has 2 fully saturated rings. The van der Waals surface area contributed by atoms with E-state index in [9.17, 15) is 0 Å². The number of rotatable bonds is 2. The average molecular weight is 290 g/mol. The highest BCUT2D eigenvalue weighted by molar-refractivity contribution is 6.61. The maximum Gasteiger partial charge on any atom is 0.514 e. The van der Waals surface area contributed by atoms with Crippen molar-refractivity contribution in [1.29, 1.82) is 0 Å². The SMILES string of the molecule is CC1(C)OB(c2cc(N3CCOCC3)ccn2)OC1(C)C. The number of hydrogen-bond acceptors (Lipinski definition) is 5. The molecule has 2 aliphatic heterocycles. The molecule has 114 valence electrons. The van der Waals surface area contributed by atoms with E-state index in [1.807, 2.05) is 12.3 Å². The normalized spacial score (nSPS) is 24.4. The van der Waals surface area contributed by atoms with Gasteiger partial charge in [0.15, 0.2) is 0 Å². The molecule has 0 saturated carbocycles. The Balaban J connectivity index is 1.81. The number of anilines is 1. The van der Waals surface area contributed by atoms with Gasteiger partial charge in [0.1, 0.15) is 0 Å². The fourth-order valence-electron chi connectivity index (χ4n) is 2.55. The summed E-state index contributed by atoms with van der Waals surface area (Å²) in [5, 5.41) is 0. The van der Waals surface area contributed by atoms with Crippen LogP contribution in [0.3, 0.4) is 0 Å². The molecular formula is C15H23BN2O3. The van der Waals surface area contributed by atoms with Crippen LogP contribution in [0, 0.1) is 0 Å². The lowest BCUT2D eigenvalue weighted by molar-refractivity contribution is 0.00578. The molecule has 0 atom stereocenters. The fraction of sp³-hybridized carbons (Fsp3) is 0.667. The van der Waals surface area contributed by atoms with Crippen LogP contribution in [0.1, 0.15) is 27.7 Å². The molecule has 3 heterocycles. The zero-order valence-corrected chi connectivity index (χ0v) is 13.3. The number of aromatic nitrogens is 1. The predicted octanol–water partition coefficient (Wildman–Crippen LogP) is 1.22. The molecule has 21 heavy (non-hydrogen) atoms. The maximum absolute atomic E-state index is 6.06. The van der Waals surface area contributed by atoms with E-state index in [0.29, 0.717) is 0 Å². The van der Waals surface area contributed by atoms with E-state index in [-0.39, 0.29) is 11.2 Å². The summed E-state index contributed by atoms with van der Waals surface area (Å²) in [4.78, 5) is 6.74. The Morgan fingerprint density at radius 3 is 2.33 bits per heavy atom. The highest BCUT2D eigenvalue weighted by Gasteiger charge is 2.52. The van der Waals surface area contributed by atoms with Gasteiger partial charge in [-0.25, -0.2) is 0 Å². The minimum absolute atomic E-state index is 0.339. The third-order valence-electron chi connectivity index (χ3n) is 4.64. The van der Waals surface area contributed by atoms with Crippen molar-refractivity contribution >= 4 is 18.4 Å². The third-order valence-corrected chi connectivity index (χ3v) is 4.64. The van der Waals surface area contributed by atoms with Gasteiger partial charge in [0.25, 0.3) is 0 Å². The lowest BCUT2D eigenvalue weighted by atomic mass is 9.84. The molecular weight excluding hydrogens is 267 g/mol. The summed E-state index contributed by atoms with van der Waals surface area (Å²) in [7, 11) is -0.406. The molecule has 0 radical (unpaired) electrons. The van der Waals surface area contributed by atoms with E-state index in [1.165, 1.54) is 0 Å². The molecule has 2 aliphatic rings. The molecule has 0 N–H and O–H groups in total. The smallest absolute Gasteiger partial charge is 0.398 e. The molecule has 2 saturated heterocycles. The van der Waals surface area contributed by atoms with Crippen LogP contribution in [0.15, 0.2) is 18.3 Å². The lowest BCUT2D eigenvalue weighted by Crippen LogP contribution is -2.41. The van der Waals surface area contributed by atoms with Crippen LogP contribution in [-0.2, 0) is 14.0 Å². The Kier molecular flexibility index (Phi) is 3.72. The Morgan fingerprint density at radius 1 is 1.10 bits per heavy atom. The topological polar surface area (TPSA) is 43.8 Å². The average Bonchev–Trinajstić information content (AvgIpc) is 2.69. The summed E-state index contributed by atoms with van der Waals surface area (Å²) < 4.78 is 17.5. The van der Waals surface area contributed by atoms with E-state index < -0.39 is 7.12 Å². The van der Waals surface area contributed by atoms with Crippen molar-refractivity contribution in [3.8, 4) is 0 Å². The Hall–Kier alpha value is -1.11. The fourth-order valence-corrected chi connectivity index (χ4v) is 2.55. The van der Waals surface area contributed by atoms with Gasteiger partial charge in [-0.05, 0) is 39.8 Å². The number of ether oxygens (including phenoxy) is 1. The van der Waals surface area contributed by atoms with Crippen LogP contribution in [0.4, 0.5) is 5.69 Å². The minimum atomic E-state index is -0.406. The summed E-state index contributed by atoms with van der Waals surface area (Å²) >= 11 is 0. The largest absolute Gasteiger partial charge is 0.514 e. The van der Waals surface area contributed by atoms with Gasteiger partial charge in [0, 0.05) is 25.0 Å². The summed E-state index contributed by atoms with van der Waals surface area (Å²) in [6.45, 7) is 11.6. The Morgan fingerprint density at radius 2 is 1.71 bits per heavy atom. The molecule has 5 nitrogen and oxygen atoms in total. The third kappa shape index (κ3) is 2.80. The van der Waals surface area contributed by atoms with Crippen molar-refractivity contribution in [3.05, 3.63) is 18.3 Å². The number of pyridine rings is 1. The highest BCUT2D eigenvalue weighted by atomic mass is 16.7. The van der Waals surface area contributed by atoms with Crippen molar-refractivity contribution in [3.63, 3.8) is 0 Å². The first-order valence-corrected chi connectivity index (χ1v) is 7.53. The van der Waals surface area contributed by atoms with E-state index in [1.54, 1.807) is 0 Å². The summed E-state index contributed by atoms with van der Waals surface area (Å²) in [6, 6.07) is 4.09. The van der Waals surface area contributed by atoms with Crippen molar-refractivity contribution in [2.45, 2.75) is 38.9 Å². The molecule has 0 unspecified atom stereocenters. The number of hydrogen-bond donors (Lipinski definition) is 0. The van der Waals surface area contributed by atoms with Gasteiger partial charge in [-0.15, -0.1) is 0 Å². The van der Waals surface area contributed by atoms with E-state index in [4.69, 9.17) is 14.0 Å². The van der Waals surface area contributed by atoms with Crippen molar-refractivity contribution < 1.29 is 14.0 Å². The first-order valence-electron chi connectivity index (χ1n) is 7.53. The lowest BCUT2D eigenvalue weighted by Gasteiger charge is -2.32. The number of nitrogens with zero attached hydrogens (tertiary/aromatic N) is 2. The monoisotopic (exact) mass is 290 g/mol. The van der Waals surface area contributed by atoms with Crippen LogP contribution in [0.5, 0.6) is 0 Å². The van der Waals surface area contributed by atoms with E-state index in [0.717, 1.165) is 37.6 Å². The van der Waals surface area contributed by atoms with Gasteiger partial charge < -0.3 is 18.9 Å². The van der Waals surface area contributed by atoms with Crippen LogP contribution in [0.25, 0.3) is 0 Å². The number of morpholine rings is 1. The molecule has 0 spiro atoms. The minimum Gasteiger partial charge on any atom is -0.398 e. The highest BCUT2D eigenvalue weighted by Crippen LogP contribution is 2.36. The van der Waals surface area contributed by atoms with E-state index in [2.05, 4.69) is 43.6 Å². The predicted molar refractivity (Wildman–Crippen MR) is 83.0 cm³/mol. The van der Waals surface area contributed by atoms with Gasteiger partial charge in [-0.2, -0.15) is 0 Å². The van der Waals surface area contributed by atoms with Gasteiger partial charge in [0.05, 0.1) is 30.0 Å². The van der Waals surface area contributed by atoms with Crippen LogP contribution in [-0.4, -0.2) is 49.6 Å². The molecule has 6 heteroatoms. The summed E-state index contributed by atoms with van der Waals surface area (Å²) in [6.07, 6.45) is 1.82. The van der Waals surface area contributed by atoms with Gasteiger partial charge in [-0.1, -0.05) is 0 Å². The first-order chi connectivity index (χ1) is 9.89. The Labute approximate surface area is 126 Å². The van der Waals surface area contributed by atoms with Crippen molar-refractivity contribution in [2.24, 2.45) is 0 Å². The van der Waals surface area contributed by atoms with Crippen LogP contribution >= 0.6 is 0 Å². The second-order valence-electron chi connectivity index (χ2n) is 6.63. The zero-order chi connectivity index (χ0) is 15.1. The summed E-state index contributed by atoms with van der Waals surface area (Å²) in [5.74, 6) is 0. The zero-order valence-electron chi connectivity index (χ0n) is 13.3. The summed E-state index contributed by atoms with van der Waals surface area (Å²) in [5.41, 5.74) is 1.30. The second kappa shape index (κ2) is 5.27. The molecule has 0 aliphatic carbocycles. The first kappa shape index (κ1) is 14.8. The van der Waals surface area contributed by atoms with Gasteiger partial charge in [0.2, 0.25) is 0 Å². The molecule has 1 aromatic heterocycles. The molecule has 1 aromatic rings. The van der Waals surface area contributed by atoms with Crippen LogP contribution in [0.2, 0.25) is 0 Å². The maximum atomic E-state index is 6.06. The molecule has 0 amide bonds. The molecule has 0 aromatic carbocycles. The second-order valence-corrected chi connectivity index (χ2v) is 6.63. The quantitative estimate of drug-likeness (QED) is 0.766. The van der Waals surface area contributed by atoms with Crippen LogP contribution < -0.4 is 10.5 Å². The van der Waals surface area contributed by atoms with Crippen molar-refractivity contribution in [1.82, 2.24) is 4.98 Å². The standard InChI is InChI=1S/C15H23BN2O3/c1-14(2)15(3,4)21-16(20-14)13-11-12(5-6-17-13)18-7-9-19-10-8-18/h5-6,11H,7-10H2,1-4H3. The van der Waals surface area contributed by atoms with Gasteiger partial charge >= 0.3 is 7.12 Å². The molecule has 0 bridgehead atoms. The van der Waals surface area contributed by atoms with Gasteiger partial charge in [-0.3, -0.25) is 4.98 Å². The molecule has 3 rings (SSSR count). The Bertz CT molecular complexity index is 499. The van der Waals surface area contributed by atoms with Crippen molar-refractivity contribution in [2.75, 3.05) is 31.2 Å². The van der Waals surface area contributed by atoms with E-state index >= 15 is 0 Å².